The average molecular weight is 1500 g/mol. The number of rotatable bonds is 9. The average Bonchev–Trinajstić information content (AvgIpc) is 1.60. The van der Waals surface area contributed by atoms with Gasteiger partial charge in [-0.2, -0.15) is 0 Å². The molecule has 25 aliphatic rings. The molecule has 0 unspecified atom stereocenters. The molecule has 25 rings (SSSR count). The van der Waals surface area contributed by atoms with Crippen LogP contribution in [-0.2, 0) is 75.9 Å². The maximum atomic E-state index is 12.4. The number of ether oxygens (including phenoxy) is 14. The van der Waals surface area contributed by atoms with Gasteiger partial charge < -0.3 is 189 Å². The van der Waals surface area contributed by atoms with Gasteiger partial charge >= 0.3 is 0 Å². The highest BCUT2D eigenvalue weighted by molar-refractivity contribution is 6.01. The number of aliphatic hydroxyl groups is 24. The number of fused-ring (bicyclic) bond motifs is 5. The van der Waals surface area contributed by atoms with Crippen LogP contribution in [0.2, 0.25) is 0 Å². The van der Waals surface area contributed by atoms with Gasteiger partial charge in [0.1, 0.15) is 183 Å². The van der Waals surface area contributed by atoms with E-state index in [1.165, 1.54) is 0 Å². The molecule has 590 valence electrons. The van der Waals surface area contributed by atoms with Crippen molar-refractivity contribution >= 4 is 11.6 Å². The highest BCUT2D eigenvalue weighted by atomic mass is 16.8. The van der Waals surface area contributed by atoms with E-state index < -0.39 is 291 Å². The molecule has 21 aliphatic heterocycles. The van der Waals surface area contributed by atoms with Gasteiger partial charge in [0, 0.05) is 16.7 Å². The summed E-state index contributed by atoms with van der Waals surface area (Å²) in [6.07, 6.45) is -62.6. The topological polar surface area (TPSA) is 649 Å². The van der Waals surface area contributed by atoms with E-state index >= 15 is 0 Å². The van der Waals surface area contributed by atoms with Gasteiger partial charge in [-0.1, -0.05) is 25.5 Å². The van der Waals surface area contributed by atoms with Crippen LogP contribution in [0, 0.1) is 28.6 Å². The summed E-state index contributed by atoms with van der Waals surface area (Å²) in [6, 6.07) is 0. The first-order chi connectivity index (χ1) is 48.8. The van der Waals surface area contributed by atoms with Crippen molar-refractivity contribution in [3.05, 3.63) is 23.8 Å². The lowest BCUT2D eigenvalue weighted by molar-refractivity contribution is -0.396. The fraction of sp³-hybridized carbons (Fsp3) is 0.905. The molecule has 21 saturated heterocycles. The van der Waals surface area contributed by atoms with Crippen LogP contribution in [0.15, 0.2) is 23.8 Å². The third-order valence-electron chi connectivity index (χ3n) is 23.0. The normalized spacial score (nSPS) is 54.0. The molecule has 21 heterocycles. The highest BCUT2D eigenvalue weighted by Gasteiger charge is 2.69. The van der Waals surface area contributed by atoms with Gasteiger partial charge in [0.15, 0.2) is 55.6 Å². The Morgan fingerprint density at radius 2 is 0.660 bits per heavy atom. The molecule has 0 aromatic rings. The van der Waals surface area contributed by atoms with E-state index in [0.717, 1.165) is 24.8 Å². The molecule has 0 radical (unpaired) electrons. The fourth-order valence-corrected chi connectivity index (χ4v) is 17.3. The Balaban J connectivity index is 0.000000340. The fourth-order valence-electron chi connectivity index (χ4n) is 17.3. The second-order valence-electron chi connectivity index (χ2n) is 28.8. The molecule has 103 heavy (non-hydrogen) atoms. The van der Waals surface area contributed by atoms with E-state index in [1.807, 2.05) is 13.0 Å². The number of hydrogen-bond acceptors (Lipinski definition) is 40. The van der Waals surface area contributed by atoms with Crippen molar-refractivity contribution in [2.45, 2.75) is 273 Å². The summed E-state index contributed by atoms with van der Waals surface area (Å²) in [5.41, 5.74) is -1.54. The quantitative estimate of drug-likeness (QED) is 0.102. The van der Waals surface area contributed by atoms with Crippen LogP contribution >= 0.6 is 0 Å². The number of carbonyl (C=O) groups is 2. The Hall–Kier alpha value is -2.70. The third kappa shape index (κ3) is 14.8. The first-order valence-corrected chi connectivity index (χ1v) is 34.3. The van der Waals surface area contributed by atoms with E-state index in [0.29, 0.717) is 12.8 Å². The largest absolute Gasteiger partial charge is 0.394 e. The summed E-state index contributed by atoms with van der Waals surface area (Å²) >= 11 is 0. The van der Waals surface area contributed by atoms with Crippen LogP contribution < -0.4 is 0 Å². The molecule has 0 aromatic carbocycles. The molecule has 0 aromatic heterocycles. The van der Waals surface area contributed by atoms with Crippen molar-refractivity contribution in [2.24, 2.45) is 28.6 Å². The van der Waals surface area contributed by atoms with Crippen molar-refractivity contribution in [1.29, 1.82) is 0 Å². The van der Waals surface area contributed by atoms with Crippen LogP contribution in [0.25, 0.3) is 0 Å². The first kappa shape index (κ1) is 81.3. The van der Waals surface area contributed by atoms with Crippen molar-refractivity contribution in [1.82, 2.24) is 0 Å². The van der Waals surface area contributed by atoms with Crippen LogP contribution in [0.5, 0.6) is 0 Å². The predicted octanol–water partition coefficient (Wildman–Crippen LogP) is -13.7. The Bertz CT molecular complexity index is 2540. The van der Waals surface area contributed by atoms with E-state index in [9.17, 15) is 132 Å². The number of Topliss-reactive ketones (excluding diaryl/α,β-unsaturated/α-hetero) is 1. The van der Waals surface area contributed by atoms with Crippen molar-refractivity contribution in [2.75, 3.05) is 52.9 Å². The zero-order chi connectivity index (χ0) is 75.0. The summed E-state index contributed by atoms with van der Waals surface area (Å²) in [4.78, 5) is 24.2. The highest BCUT2D eigenvalue weighted by Crippen LogP contribution is 2.67. The predicted molar refractivity (Wildman–Crippen MR) is 323 cm³/mol. The summed E-state index contributed by atoms with van der Waals surface area (Å²) in [6.45, 7) is -3.99. The maximum absolute atomic E-state index is 12.4. The Kier molecular flexibility index (Phi) is 25.8. The second-order valence-corrected chi connectivity index (χ2v) is 28.8. The summed E-state index contributed by atoms with van der Waals surface area (Å²) in [5.74, 6) is -0.227. The van der Waals surface area contributed by atoms with Crippen LogP contribution in [-0.4, -0.2) is 414 Å². The van der Waals surface area contributed by atoms with Crippen LogP contribution in [0.1, 0.15) is 46.0 Å². The number of ketones is 2. The maximum Gasteiger partial charge on any atom is 0.190 e. The monoisotopic (exact) mass is 1490 g/mol. The number of carbonyl (C=O) groups excluding carboxylic acids is 2. The van der Waals surface area contributed by atoms with Gasteiger partial charge in [0.25, 0.3) is 0 Å². The van der Waals surface area contributed by atoms with Gasteiger partial charge in [-0.25, -0.2) is 0 Å². The molecule has 42 atom stereocenters. The lowest BCUT2D eigenvalue weighted by atomic mass is 9.46. The van der Waals surface area contributed by atoms with E-state index in [1.54, 1.807) is 12.2 Å². The van der Waals surface area contributed by atoms with Gasteiger partial charge in [0.05, 0.1) is 52.4 Å². The molecular formula is C63H98O40. The number of allylic oxidation sites excluding steroid dienone is 4. The first-order valence-electron chi connectivity index (χ1n) is 34.3. The summed E-state index contributed by atoms with van der Waals surface area (Å²) < 4.78 is 79.5. The smallest absolute Gasteiger partial charge is 0.190 e. The molecule has 40 heteroatoms. The van der Waals surface area contributed by atoms with Crippen molar-refractivity contribution in [3.63, 3.8) is 0 Å². The second kappa shape index (κ2) is 32.7. The molecule has 3 saturated carbocycles. The molecule has 4 aliphatic carbocycles. The standard InChI is InChI=1S/C42H70O35.C21H28O5/c43-1-8-29-15(50)22(57)36(64-8)72-30-9(2-44)66-38(24(59)17(30)52)74-32-11(4-46)68-40(26(61)19(32)54)76-34-13(6-48)70-42(28(63)21(34)56)77-35-14(7-49)69-41(27(62)20(35)55)75-33-12(5-47)67-39(25(60)18(33)53)73-31-10(3-45)65-37(71-29)23(58)16(31)51;1-19-7-5-13(23)9-12(19)3-4-14-15-6-8-21(26,17(25)11-22)20(15,2)10-16(24)18(14)19/h8-63H,1-7H2;5,7,9,14-16,18,22,24,26H,3-4,6,8,10-11H2,1-2H3/t8-,9-,10-,11-,12-,13-,14-,15-,16-,17-,18-,19-,20-,21-,22-,23-,24-,25-,26-,27-,28-,29-,30-,31-,32-,33-,34-,35-,36-,37-,38-,39-,40-,41-,42-;14-,15-,16-,18+,19-,20-,21-/m10/s1. The molecular weight excluding hydrogens is 1400 g/mol. The Morgan fingerprint density at radius 3 is 0.903 bits per heavy atom. The summed E-state index contributed by atoms with van der Waals surface area (Å²) in [7, 11) is 0. The SMILES string of the molecule is C[C@]12C=CC(=O)C=C1CC[C@@H]1[C@@H]2[C@@H](O)C[C@@]2(C)[C@H]1CC[C@]2(O)C(=O)CO.OC[C@H]1O[C@@H]2O[C@H]3[C@H](O)[C@@H](O)[C@@H](O[C@H]4[C@H](O)[C@@H](O)[C@@H](O[C@H]5[C@H](O)[C@@H](O)[C@@H](O[C@H]6[C@H](O)[C@@H](O)[C@@H](O[C@H]7[C@H](O)[C@@H](O)[C@@H](O[C@H]8[C@H](O)[C@@H](O)[C@@H](O[C@H]1[C@H](O)[C@H]2O)O[C@@H]8CO)O[C@@H]7CO)O[C@@H]6CO)O[C@@H]5CO)O[C@@H]4CO)O[C@@H]3CO. The van der Waals surface area contributed by atoms with E-state index in [4.69, 9.17) is 66.3 Å². The van der Waals surface area contributed by atoms with Crippen LogP contribution in [0.4, 0.5) is 0 Å². The van der Waals surface area contributed by atoms with Crippen molar-refractivity contribution < 1.29 is 198 Å². The molecule has 14 bridgehead atoms. The lowest BCUT2D eigenvalue weighted by Gasteiger charge is -2.59. The molecule has 0 amide bonds. The minimum atomic E-state index is -2.21. The van der Waals surface area contributed by atoms with E-state index in [-0.39, 0.29) is 29.0 Å². The van der Waals surface area contributed by atoms with Gasteiger partial charge in [-0.05, 0) is 56.1 Å². The van der Waals surface area contributed by atoms with E-state index in [2.05, 4.69) is 6.92 Å². The summed E-state index contributed by atoms with van der Waals surface area (Å²) in [5, 5.41) is 262. The van der Waals surface area contributed by atoms with Crippen molar-refractivity contribution in [3.8, 4) is 0 Å². The molecule has 24 N–H and O–H groups in total. The molecule has 0 spiro atoms. The number of hydrogen-bond donors (Lipinski definition) is 24. The number of aliphatic hydroxyl groups excluding tert-OH is 23. The van der Waals surface area contributed by atoms with Gasteiger partial charge in [-0.15, -0.1) is 0 Å². The third-order valence-corrected chi connectivity index (χ3v) is 23.0. The zero-order valence-electron chi connectivity index (χ0n) is 55.7. The van der Waals surface area contributed by atoms with Gasteiger partial charge in [-0.3, -0.25) is 9.59 Å². The van der Waals surface area contributed by atoms with Gasteiger partial charge in [0.2, 0.25) is 0 Å². The van der Waals surface area contributed by atoms with Crippen LogP contribution in [0.3, 0.4) is 0 Å². The minimum Gasteiger partial charge on any atom is -0.394 e. The lowest BCUT2D eigenvalue weighted by Crippen LogP contribution is -2.68. The zero-order valence-corrected chi connectivity index (χ0v) is 55.7. The Morgan fingerprint density at radius 1 is 0.398 bits per heavy atom. The molecule has 24 fully saturated rings. The molecule has 40 nitrogen and oxygen atoms in total. The Labute approximate surface area is 586 Å². The minimum absolute atomic E-state index is 0.00912.